The molecule has 0 radical (unpaired) electrons. The Balaban J connectivity index is 2.05. The first-order valence-corrected chi connectivity index (χ1v) is 7.00. The number of rotatable bonds is 2. The highest BCUT2D eigenvalue weighted by molar-refractivity contribution is 5.91. The van der Waals surface area contributed by atoms with Gasteiger partial charge >= 0.3 is 0 Å². The van der Waals surface area contributed by atoms with Crippen molar-refractivity contribution in [2.45, 2.75) is 25.4 Å². The molecule has 5 heteroatoms. The van der Waals surface area contributed by atoms with E-state index in [0.717, 1.165) is 41.7 Å². The van der Waals surface area contributed by atoms with Crippen molar-refractivity contribution in [1.29, 1.82) is 0 Å². The molecule has 106 valence electrons. The van der Waals surface area contributed by atoms with Gasteiger partial charge in [0.2, 0.25) is 0 Å². The van der Waals surface area contributed by atoms with E-state index >= 15 is 0 Å². The molecule has 0 saturated carbocycles. The van der Waals surface area contributed by atoms with Gasteiger partial charge in [0.05, 0.1) is 11.1 Å². The minimum absolute atomic E-state index is 0.295. The fourth-order valence-corrected chi connectivity index (χ4v) is 2.93. The van der Waals surface area contributed by atoms with E-state index in [1.54, 1.807) is 6.20 Å². The number of β-amino-alcohol motifs (C(OH)–C–C–N with tert-alkyl or cyclic N) is 1. The van der Waals surface area contributed by atoms with Gasteiger partial charge in [-0.15, -0.1) is 0 Å². The quantitative estimate of drug-likeness (QED) is 0.860. The lowest BCUT2D eigenvalue weighted by Gasteiger charge is -2.40. The van der Waals surface area contributed by atoms with Crippen molar-refractivity contribution >= 4 is 16.6 Å². The summed E-state index contributed by atoms with van der Waals surface area (Å²) in [7, 11) is 0. The SMILES string of the molecule is Cc1cc(N2CCC[C@@](O)(CN)C2)c2cnccc2n1. The van der Waals surface area contributed by atoms with Crippen LogP contribution in [0.5, 0.6) is 0 Å². The van der Waals surface area contributed by atoms with Gasteiger partial charge in [-0.25, -0.2) is 0 Å². The van der Waals surface area contributed by atoms with Crippen LogP contribution in [-0.2, 0) is 0 Å². The number of hydrogen-bond acceptors (Lipinski definition) is 5. The fraction of sp³-hybridized carbons (Fsp3) is 0.467. The van der Waals surface area contributed by atoms with E-state index in [1.807, 2.05) is 19.2 Å². The molecule has 1 fully saturated rings. The van der Waals surface area contributed by atoms with Crippen LogP contribution >= 0.6 is 0 Å². The monoisotopic (exact) mass is 272 g/mol. The van der Waals surface area contributed by atoms with E-state index in [9.17, 15) is 5.11 Å². The summed E-state index contributed by atoms with van der Waals surface area (Å²) in [6.07, 6.45) is 5.30. The largest absolute Gasteiger partial charge is 0.387 e. The average Bonchev–Trinajstić information content (AvgIpc) is 2.46. The highest BCUT2D eigenvalue weighted by Crippen LogP contribution is 2.30. The molecule has 3 N–H and O–H groups in total. The third-order valence-corrected chi connectivity index (χ3v) is 3.99. The van der Waals surface area contributed by atoms with Gasteiger partial charge in [0.15, 0.2) is 0 Å². The topological polar surface area (TPSA) is 75.3 Å². The first-order valence-electron chi connectivity index (χ1n) is 7.00. The van der Waals surface area contributed by atoms with Crippen LogP contribution < -0.4 is 10.6 Å². The average molecular weight is 272 g/mol. The predicted octanol–water partition coefficient (Wildman–Crippen LogP) is 1.23. The van der Waals surface area contributed by atoms with E-state index < -0.39 is 5.60 Å². The molecule has 1 aliphatic heterocycles. The number of nitrogens with zero attached hydrogens (tertiary/aromatic N) is 3. The molecule has 5 nitrogen and oxygen atoms in total. The predicted molar refractivity (Wildman–Crippen MR) is 79.7 cm³/mol. The molecule has 1 atom stereocenters. The fourth-order valence-electron chi connectivity index (χ4n) is 2.93. The van der Waals surface area contributed by atoms with Crippen molar-refractivity contribution < 1.29 is 5.11 Å². The molecule has 2 aromatic rings. The van der Waals surface area contributed by atoms with Crippen LogP contribution in [0.2, 0.25) is 0 Å². The molecule has 0 amide bonds. The first-order chi connectivity index (χ1) is 9.61. The summed E-state index contributed by atoms with van der Waals surface area (Å²) < 4.78 is 0. The van der Waals surface area contributed by atoms with Crippen LogP contribution in [0, 0.1) is 6.92 Å². The molecule has 1 aliphatic rings. The minimum Gasteiger partial charge on any atom is -0.387 e. The highest BCUT2D eigenvalue weighted by Gasteiger charge is 2.32. The molecule has 3 rings (SSSR count). The zero-order chi connectivity index (χ0) is 14.2. The Morgan fingerprint density at radius 2 is 2.35 bits per heavy atom. The number of hydrogen-bond donors (Lipinski definition) is 2. The highest BCUT2D eigenvalue weighted by atomic mass is 16.3. The maximum Gasteiger partial charge on any atom is 0.0943 e. The lowest BCUT2D eigenvalue weighted by Crippen LogP contribution is -2.52. The normalized spacial score (nSPS) is 23.2. The molecular formula is C15H20N4O. The van der Waals surface area contributed by atoms with E-state index in [1.165, 1.54) is 0 Å². The summed E-state index contributed by atoms with van der Waals surface area (Å²) in [6, 6.07) is 3.98. The second-order valence-electron chi connectivity index (χ2n) is 5.63. The number of aryl methyl sites for hydroxylation is 1. The van der Waals surface area contributed by atoms with Crippen LogP contribution in [0.3, 0.4) is 0 Å². The second kappa shape index (κ2) is 5.00. The molecule has 20 heavy (non-hydrogen) atoms. The molecule has 2 aromatic heterocycles. The Bertz CT molecular complexity index is 630. The summed E-state index contributed by atoms with van der Waals surface area (Å²) in [6.45, 7) is 3.78. The summed E-state index contributed by atoms with van der Waals surface area (Å²) in [5.74, 6) is 0. The zero-order valence-electron chi connectivity index (χ0n) is 11.7. The number of fused-ring (bicyclic) bond motifs is 1. The van der Waals surface area contributed by atoms with Crippen LogP contribution in [0.15, 0.2) is 24.5 Å². The van der Waals surface area contributed by atoms with E-state index in [4.69, 9.17) is 5.73 Å². The Morgan fingerprint density at radius 1 is 1.50 bits per heavy atom. The summed E-state index contributed by atoms with van der Waals surface area (Å²) >= 11 is 0. The van der Waals surface area contributed by atoms with Crippen molar-refractivity contribution in [3.05, 3.63) is 30.2 Å². The molecule has 0 unspecified atom stereocenters. The van der Waals surface area contributed by atoms with Gasteiger partial charge in [-0.3, -0.25) is 9.97 Å². The smallest absolute Gasteiger partial charge is 0.0943 e. The Kier molecular flexibility index (Phi) is 3.31. The lowest BCUT2D eigenvalue weighted by molar-refractivity contribution is 0.0348. The van der Waals surface area contributed by atoms with Crippen LogP contribution in [0.25, 0.3) is 10.9 Å². The summed E-state index contributed by atoms with van der Waals surface area (Å²) in [5.41, 5.74) is 7.94. The third-order valence-electron chi connectivity index (χ3n) is 3.99. The molecule has 0 bridgehead atoms. The number of anilines is 1. The van der Waals surface area contributed by atoms with Gasteiger partial charge in [0.25, 0.3) is 0 Å². The number of nitrogens with two attached hydrogens (primary N) is 1. The van der Waals surface area contributed by atoms with E-state index in [-0.39, 0.29) is 0 Å². The summed E-state index contributed by atoms with van der Waals surface area (Å²) in [4.78, 5) is 10.9. The van der Waals surface area contributed by atoms with Gasteiger partial charge in [0.1, 0.15) is 0 Å². The number of aliphatic hydroxyl groups is 1. The lowest BCUT2D eigenvalue weighted by atomic mass is 9.92. The van der Waals surface area contributed by atoms with Gasteiger partial charge in [-0.2, -0.15) is 0 Å². The second-order valence-corrected chi connectivity index (χ2v) is 5.63. The van der Waals surface area contributed by atoms with Crippen LogP contribution in [0.4, 0.5) is 5.69 Å². The van der Waals surface area contributed by atoms with Gasteiger partial charge in [-0.1, -0.05) is 0 Å². The molecule has 0 spiro atoms. The molecule has 0 aromatic carbocycles. The van der Waals surface area contributed by atoms with E-state index in [0.29, 0.717) is 13.1 Å². The maximum atomic E-state index is 10.5. The minimum atomic E-state index is -0.788. The van der Waals surface area contributed by atoms with Crippen LogP contribution in [0.1, 0.15) is 18.5 Å². The van der Waals surface area contributed by atoms with Crippen molar-refractivity contribution in [1.82, 2.24) is 9.97 Å². The zero-order valence-corrected chi connectivity index (χ0v) is 11.7. The van der Waals surface area contributed by atoms with Crippen molar-refractivity contribution in [2.75, 3.05) is 24.5 Å². The standard InChI is InChI=1S/C15H20N4O/c1-11-7-14(12-8-17-5-3-13(12)18-11)19-6-2-4-15(20,9-16)10-19/h3,5,7-8,20H,2,4,6,9-10,16H2,1H3/t15-/m1/s1. The van der Waals surface area contributed by atoms with Gasteiger partial charge in [0, 0.05) is 48.8 Å². The van der Waals surface area contributed by atoms with Crippen molar-refractivity contribution in [3.63, 3.8) is 0 Å². The Hall–Kier alpha value is -1.72. The first kappa shape index (κ1) is 13.3. The Labute approximate surface area is 118 Å². The number of aromatic nitrogens is 2. The van der Waals surface area contributed by atoms with Crippen molar-refractivity contribution in [3.8, 4) is 0 Å². The molecule has 3 heterocycles. The summed E-state index contributed by atoms with van der Waals surface area (Å²) in [5, 5.41) is 11.5. The van der Waals surface area contributed by atoms with Crippen molar-refractivity contribution in [2.24, 2.45) is 5.73 Å². The van der Waals surface area contributed by atoms with Crippen LogP contribution in [-0.4, -0.2) is 40.3 Å². The van der Waals surface area contributed by atoms with Gasteiger partial charge in [-0.05, 0) is 31.9 Å². The molecule has 1 saturated heterocycles. The molecular weight excluding hydrogens is 252 g/mol. The maximum absolute atomic E-state index is 10.5. The van der Waals surface area contributed by atoms with Gasteiger partial charge < -0.3 is 15.7 Å². The molecule has 0 aliphatic carbocycles. The van der Waals surface area contributed by atoms with E-state index in [2.05, 4.69) is 20.9 Å². The number of piperidine rings is 1. The third kappa shape index (κ3) is 2.34. The Morgan fingerprint density at radius 3 is 3.15 bits per heavy atom. The number of pyridine rings is 2.